The molecule has 0 heterocycles. The second-order valence-corrected chi connectivity index (χ2v) is 5.76. The van der Waals surface area contributed by atoms with Crippen LogP contribution in [-0.2, 0) is 0 Å². The van der Waals surface area contributed by atoms with Crippen molar-refractivity contribution in [2.75, 3.05) is 5.32 Å². The van der Waals surface area contributed by atoms with E-state index in [0.29, 0.717) is 12.8 Å². The zero-order chi connectivity index (χ0) is 14.9. The van der Waals surface area contributed by atoms with Gasteiger partial charge in [0.15, 0.2) is 0 Å². The van der Waals surface area contributed by atoms with Gasteiger partial charge in [0.05, 0.1) is 5.92 Å². The van der Waals surface area contributed by atoms with Crippen molar-refractivity contribution >= 4 is 16.5 Å². The SMILES string of the molecule is FC(F)(F)C1CCC(Nc2cccc3ccccc23)CC1. The van der Waals surface area contributed by atoms with Crippen molar-refractivity contribution in [2.45, 2.75) is 37.9 Å². The maximum atomic E-state index is 12.7. The fraction of sp³-hybridized carbons (Fsp3) is 0.412. The summed E-state index contributed by atoms with van der Waals surface area (Å²) in [5, 5.41) is 5.70. The van der Waals surface area contributed by atoms with E-state index in [1.54, 1.807) is 0 Å². The lowest BCUT2D eigenvalue weighted by Gasteiger charge is -2.31. The van der Waals surface area contributed by atoms with Crippen LogP contribution in [-0.4, -0.2) is 12.2 Å². The molecule has 0 saturated heterocycles. The minimum Gasteiger partial charge on any atom is -0.382 e. The van der Waals surface area contributed by atoms with E-state index in [4.69, 9.17) is 0 Å². The van der Waals surface area contributed by atoms with Gasteiger partial charge in [-0.1, -0.05) is 36.4 Å². The Morgan fingerprint density at radius 2 is 1.52 bits per heavy atom. The quantitative estimate of drug-likeness (QED) is 0.784. The molecule has 3 rings (SSSR count). The first kappa shape index (κ1) is 14.2. The molecule has 0 bridgehead atoms. The Morgan fingerprint density at radius 1 is 0.857 bits per heavy atom. The number of benzene rings is 2. The topological polar surface area (TPSA) is 12.0 Å². The Bertz CT molecular complexity index is 607. The van der Waals surface area contributed by atoms with Gasteiger partial charge in [-0.3, -0.25) is 0 Å². The maximum Gasteiger partial charge on any atom is 0.391 e. The smallest absolute Gasteiger partial charge is 0.382 e. The molecule has 0 spiro atoms. The van der Waals surface area contributed by atoms with Crippen LogP contribution in [0.5, 0.6) is 0 Å². The average molecular weight is 293 g/mol. The molecule has 1 nitrogen and oxygen atoms in total. The van der Waals surface area contributed by atoms with Gasteiger partial charge in [0.1, 0.15) is 0 Å². The molecule has 21 heavy (non-hydrogen) atoms. The first-order chi connectivity index (χ1) is 10.0. The molecule has 0 aromatic heterocycles. The Morgan fingerprint density at radius 3 is 2.24 bits per heavy atom. The molecule has 0 unspecified atom stereocenters. The highest BCUT2D eigenvalue weighted by molar-refractivity contribution is 5.93. The lowest BCUT2D eigenvalue weighted by atomic mass is 9.85. The van der Waals surface area contributed by atoms with Crippen LogP contribution in [0, 0.1) is 5.92 Å². The van der Waals surface area contributed by atoms with E-state index in [9.17, 15) is 13.2 Å². The minimum absolute atomic E-state index is 0.134. The van der Waals surface area contributed by atoms with E-state index in [1.165, 1.54) is 0 Å². The van der Waals surface area contributed by atoms with Gasteiger partial charge in [-0.05, 0) is 37.1 Å². The maximum absolute atomic E-state index is 12.7. The molecule has 1 fully saturated rings. The van der Waals surface area contributed by atoms with Gasteiger partial charge < -0.3 is 5.32 Å². The summed E-state index contributed by atoms with van der Waals surface area (Å²) in [6.07, 6.45) is -2.43. The normalized spacial score (nSPS) is 23.2. The summed E-state index contributed by atoms with van der Waals surface area (Å²) in [6.45, 7) is 0. The molecule has 112 valence electrons. The second-order valence-electron chi connectivity index (χ2n) is 5.76. The van der Waals surface area contributed by atoms with Crippen molar-refractivity contribution in [3.8, 4) is 0 Å². The van der Waals surface area contributed by atoms with Crippen molar-refractivity contribution in [1.82, 2.24) is 0 Å². The van der Waals surface area contributed by atoms with Gasteiger partial charge >= 0.3 is 6.18 Å². The third-order valence-corrected chi connectivity index (χ3v) is 4.34. The molecular formula is C17H18F3N. The molecule has 2 aromatic rings. The van der Waals surface area contributed by atoms with Crippen LogP contribution in [0.15, 0.2) is 42.5 Å². The highest BCUT2D eigenvalue weighted by Crippen LogP contribution is 2.38. The first-order valence-electron chi connectivity index (χ1n) is 7.35. The Kier molecular flexibility index (Phi) is 3.79. The zero-order valence-corrected chi connectivity index (χ0v) is 11.7. The van der Waals surface area contributed by atoms with E-state index in [1.807, 2.05) is 42.5 Å². The molecule has 4 heteroatoms. The van der Waals surface area contributed by atoms with E-state index in [2.05, 4.69) is 5.32 Å². The fourth-order valence-electron chi connectivity index (χ4n) is 3.14. The highest BCUT2D eigenvalue weighted by Gasteiger charge is 2.41. The van der Waals surface area contributed by atoms with E-state index >= 15 is 0 Å². The summed E-state index contributed by atoms with van der Waals surface area (Å²) in [4.78, 5) is 0. The van der Waals surface area contributed by atoms with E-state index in [0.717, 1.165) is 16.5 Å². The number of hydrogen-bond donors (Lipinski definition) is 1. The van der Waals surface area contributed by atoms with Crippen molar-refractivity contribution in [1.29, 1.82) is 0 Å². The summed E-state index contributed by atoms with van der Waals surface area (Å²) in [5.74, 6) is -1.12. The summed E-state index contributed by atoms with van der Waals surface area (Å²) in [7, 11) is 0. The molecule has 1 N–H and O–H groups in total. The minimum atomic E-state index is -4.04. The average Bonchev–Trinajstić information content (AvgIpc) is 2.47. The third kappa shape index (κ3) is 3.14. The number of anilines is 1. The molecular weight excluding hydrogens is 275 g/mol. The van der Waals surface area contributed by atoms with Crippen LogP contribution < -0.4 is 5.32 Å². The second kappa shape index (κ2) is 5.58. The van der Waals surface area contributed by atoms with E-state index in [-0.39, 0.29) is 18.9 Å². The molecule has 2 aromatic carbocycles. The van der Waals surface area contributed by atoms with Crippen LogP contribution in [0.2, 0.25) is 0 Å². The lowest BCUT2D eigenvalue weighted by molar-refractivity contribution is -0.182. The van der Waals surface area contributed by atoms with Crippen LogP contribution in [0.3, 0.4) is 0 Å². The third-order valence-electron chi connectivity index (χ3n) is 4.34. The Balaban J connectivity index is 1.70. The molecule has 1 saturated carbocycles. The molecule has 0 amide bonds. The van der Waals surface area contributed by atoms with Crippen molar-refractivity contribution < 1.29 is 13.2 Å². The molecule has 0 atom stereocenters. The zero-order valence-electron chi connectivity index (χ0n) is 11.7. The van der Waals surface area contributed by atoms with Gasteiger partial charge in [0, 0.05) is 17.1 Å². The van der Waals surface area contributed by atoms with Crippen LogP contribution in [0.4, 0.5) is 18.9 Å². The summed E-state index contributed by atoms with van der Waals surface area (Å²) in [6, 6.07) is 14.2. The number of halogens is 3. The van der Waals surface area contributed by atoms with Crippen molar-refractivity contribution in [3.63, 3.8) is 0 Å². The summed E-state index contributed by atoms with van der Waals surface area (Å²) in [5.41, 5.74) is 1.02. The number of hydrogen-bond acceptors (Lipinski definition) is 1. The van der Waals surface area contributed by atoms with Crippen molar-refractivity contribution in [3.05, 3.63) is 42.5 Å². The number of rotatable bonds is 2. The molecule has 1 aliphatic rings. The standard InChI is InChI=1S/C17H18F3N/c18-17(19,20)13-8-10-14(11-9-13)21-16-7-3-5-12-4-1-2-6-15(12)16/h1-7,13-14,21H,8-11H2. The predicted octanol–water partition coefficient (Wildman–Crippen LogP) is 5.37. The molecule has 0 aliphatic heterocycles. The van der Waals surface area contributed by atoms with Gasteiger partial charge in [-0.2, -0.15) is 13.2 Å². The van der Waals surface area contributed by atoms with Crippen LogP contribution in [0.25, 0.3) is 10.8 Å². The van der Waals surface area contributed by atoms with Gasteiger partial charge in [0.25, 0.3) is 0 Å². The monoisotopic (exact) mass is 293 g/mol. The van der Waals surface area contributed by atoms with Crippen LogP contribution >= 0.6 is 0 Å². The lowest BCUT2D eigenvalue weighted by Crippen LogP contribution is -2.32. The number of alkyl halides is 3. The van der Waals surface area contributed by atoms with Gasteiger partial charge in [-0.25, -0.2) is 0 Å². The summed E-state index contributed by atoms with van der Waals surface area (Å²) >= 11 is 0. The van der Waals surface area contributed by atoms with Gasteiger partial charge in [-0.15, -0.1) is 0 Å². The Hall–Kier alpha value is -1.71. The van der Waals surface area contributed by atoms with E-state index < -0.39 is 12.1 Å². The fourth-order valence-corrected chi connectivity index (χ4v) is 3.14. The van der Waals surface area contributed by atoms with Crippen molar-refractivity contribution in [2.24, 2.45) is 5.92 Å². The predicted molar refractivity (Wildman–Crippen MR) is 79.4 cm³/mol. The van der Waals surface area contributed by atoms with Gasteiger partial charge in [0.2, 0.25) is 0 Å². The molecule has 1 aliphatic carbocycles. The summed E-state index contributed by atoms with van der Waals surface area (Å²) < 4.78 is 38.0. The Labute approximate surface area is 122 Å². The van der Waals surface area contributed by atoms with Crippen LogP contribution in [0.1, 0.15) is 25.7 Å². The molecule has 0 radical (unpaired) electrons. The highest BCUT2D eigenvalue weighted by atomic mass is 19.4. The number of fused-ring (bicyclic) bond motifs is 1. The number of nitrogens with one attached hydrogen (secondary N) is 1. The first-order valence-corrected chi connectivity index (χ1v) is 7.35. The largest absolute Gasteiger partial charge is 0.391 e.